The summed E-state index contributed by atoms with van der Waals surface area (Å²) in [6.45, 7) is 2.43. The van der Waals surface area contributed by atoms with Crippen molar-refractivity contribution in [1.29, 1.82) is 0 Å². The van der Waals surface area contributed by atoms with Crippen molar-refractivity contribution in [3.8, 4) is 39.3 Å². The predicted molar refractivity (Wildman–Crippen MR) is 126 cm³/mol. The van der Waals surface area contributed by atoms with E-state index in [4.69, 9.17) is 9.15 Å². The fourth-order valence-electron chi connectivity index (χ4n) is 3.52. The summed E-state index contributed by atoms with van der Waals surface area (Å²) < 4.78 is 48.3. The molecule has 168 valence electrons. The van der Waals surface area contributed by atoms with Crippen LogP contribution in [0.3, 0.4) is 0 Å². The fourth-order valence-corrected chi connectivity index (χ4v) is 4.15. The Labute approximate surface area is 191 Å². The number of rotatable bonds is 6. The molecular weight excluding hydrogens is 443 g/mol. The topological polar surface area (TPSA) is 73.6 Å². The van der Waals surface area contributed by atoms with Crippen molar-refractivity contribution in [3.05, 3.63) is 95.1 Å². The smallest absolute Gasteiger partial charge is 0.344 e. The van der Waals surface area contributed by atoms with Crippen LogP contribution in [-0.2, 0) is 9.84 Å². The highest BCUT2D eigenvalue weighted by Crippen LogP contribution is 2.34. The SMILES string of the molecule is CCOc1ccc(-c2cc(-c3ccc(S(C)(=O)=O)cc3)c(-c3ccc(F)cc3)c(=O)o2)cc1. The number of sulfone groups is 1. The van der Waals surface area contributed by atoms with Gasteiger partial charge in [-0.25, -0.2) is 17.6 Å². The zero-order chi connectivity index (χ0) is 23.6. The van der Waals surface area contributed by atoms with Crippen molar-refractivity contribution in [3.63, 3.8) is 0 Å². The highest BCUT2D eigenvalue weighted by Gasteiger charge is 2.18. The van der Waals surface area contributed by atoms with E-state index in [1.54, 1.807) is 42.5 Å². The quantitative estimate of drug-likeness (QED) is 0.372. The van der Waals surface area contributed by atoms with Crippen LogP contribution in [0.25, 0.3) is 33.6 Å². The Morgan fingerprint density at radius 3 is 2.00 bits per heavy atom. The molecule has 0 saturated carbocycles. The Hall–Kier alpha value is -3.71. The van der Waals surface area contributed by atoms with Crippen molar-refractivity contribution in [2.45, 2.75) is 11.8 Å². The zero-order valence-electron chi connectivity index (χ0n) is 18.0. The molecule has 0 saturated heterocycles. The zero-order valence-corrected chi connectivity index (χ0v) is 18.9. The molecule has 1 heterocycles. The molecule has 0 unspecified atom stereocenters. The lowest BCUT2D eigenvalue weighted by Gasteiger charge is -2.12. The van der Waals surface area contributed by atoms with Gasteiger partial charge in [0.2, 0.25) is 0 Å². The first-order valence-electron chi connectivity index (χ1n) is 10.2. The van der Waals surface area contributed by atoms with Crippen molar-refractivity contribution in [1.82, 2.24) is 0 Å². The molecule has 0 aliphatic rings. The number of hydrogen-bond acceptors (Lipinski definition) is 5. The lowest BCUT2D eigenvalue weighted by atomic mass is 9.95. The molecule has 33 heavy (non-hydrogen) atoms. The molecule has 0 radical (unpaired) electrons. The molecule has 0 amide bonds. The van der Waals surface area contributed by atoms with Gasteiger partial charge in [0.1, 0.15) is 17.3 Å². The first-order valence-corrected chi connectivity index (χ1v) is 12.1. The van der Waals surface area contributed by atoms with Crippen molar-refractivity contribution < 1.29 is 22.0 Å². The number of benzene rings is 3. The minimum absolute atomic E-state index is 0.171. The molecule has 0 bridgehead atoms. The first kappa shape index (κ1) is 22.5. The third kappa shape index (κ3) is 4.88. The molecule has 0 fully saturated rings. The summed E-state index contributed by atoms with van der Waals surface area (Å²) in [6.07, 6.45) is 1.13. The first-order chi connectivity index (χ1) is 15.8. The van der Waals surface area contributed by atoms with E-state index in [-0.39, 0.29) is 10.5 Å². The van der Waals surface area contributed by atoms with Gasteiger partial charge >= 0.3 is 5.63 Å². The minimum Gasteiger partial charge on any atom is -0.494 e. The van der Waals surface area contributed by atoms with Gasteiger partial charge in [0, 0.05) is 17.4 Å². The number of ether oxygens (including phenoxy) is 1. The summed E-state index contributed by atoms with van der Waals surface area (Å²) in [5, 5.41) is 0. The van der Waals surface area contributed by atoms with Gasteiger partial charge in [-0.05, 0) is 72.6 Å². The summed E-state index contributed by atoms with van der Waals surface area (Å²) in [7, 11) is -3.37. The molecule has 3 aromatic carbocycles. The van der Waals surface area contributed by atoms with Crippen LogP contribution in [0, 0.1) is 5.82 Å². The maximum Gasteiger partial charge on any atom is 0.344 e. The standard InChI is InChI=1S/C26H21FO5S/c1-3-31-21-12-6-18(7-13-21)24-16-23(17-8-14-22(15-9-17)33(2,29)30)25(26(28)32-24)19-4-10-20(27)11-5-19/h4-16H,3H2,1-2H3. The Morgan fingerprint density at radius 2 is 1.42 bits per heavy atom. The highest BCUT2D eigenvalue weighted by molar-refractivity contribution is 7.90. The summed E-state index contributed by atoms with van der Waals surface area (Å²) in [6, 6.07) is 20.7. The van der Waals surface area contributed by atoms with E-state index in [9.17, 15) is 17.6 Å². The average Bonchev–Trinajstić information content (AvgIpc) is 2.80. The van der Waals surface area contributed by atoms with Gasteiger partial charge in [0.15, 0.2) is 9.84 Å². The van der Waals surface area contributed by atoms with Crippen molar-refractivity contribution in [2.75, 3.05) is 12.9 Å². The van der Waals surface area contributed by atoms with Gasteiger partial charge in [0.05, 0.1) is 17.1 Å². The molecule has 4 rings (SSSR count). The lowest BCUT2D eigenvalue weighted by molar-refractivity contribution is 0.340. The van der Waals surface area contributed by atoms with E-state index < -0.39 is 21.3 Å². The molecule has 0 aliphatic heterocycles. The molecule has 0 aliphatic carbocycles. The van der Waals surface area contributed by atoms with Crippen molar-refractivity contribution in [2.24, 2.45) is 0 Å². The Morgan fingerprint density at radius 1 is 0.848 bits per heavy atom. The van der Waals surface area contributed by atoms with E-state index in [2.05, 4.69) is 0 Å². The Balaban J connectivity index is 1.90. The van der Waals surface area contributed by atoms with E-state index in [0.29, 0.717) is 40.4 Å². The third-order valence-electron chi connectivity index (χ3n) is 5.13. The minimum atomic E-state index is -3.37. The summed E-state index contributed by atoms with van der Waals surface area (Å²) >= 11 is 0. The van der Waals surface area contributed by atoms with Crippen LogP contribution in [0.4, 0.5) is 4.39 Å². The molecule has 0 atom stereocenters. The van der Waals surface area contributed by atoms with E-state index >= 15 is 0 Å². The van der Waals surface area contributed by atoms with E-state index in [1.807, 2.05) is 6.92 Å². The van der Waals surface area contributed by atoms with Crippen LogP contribution in [0.1, 0.15) is 6.92 Å². The largest absolute Gasteiger partial charge is 0.494 e. The van der Waals surface area contributed by atoms with E-state index in [0.717, 1.165) is 6.26 Å². The van der Waals surface area contributed by atoms with Crippen LogP contribution in [0.2, 0.25) is 0 Å². The van der Waals surface area contributed by atoms with Gasteiger partial charge in [-0.3, -0.25) is 0 Å². The second-order valence-electron chi connectivity index (χ2n) is 7.45. The Bertz CT molecular complexity index is 1440. The van der Waals surface area contributed by atoms with Crippen LogP contribution < -0.4 is 10.4 Å². The molecular formula is C26H21FO5S. The maximum absolute atomic E-state index is 13.5. The molecule has 0 spiro atoms. The summed E-state index contributed by atoms with van der Waals surface area (Å²) in [4.78, 5) is 13.3. The second-order valence-corrected chi connectivity index (χ2v) is 9.46. The number of hydrogen-bond donors (Lipinski definition) is 0. The fraction of sp³-hybridized carbons (Fsp3) is 0.115. The van der Waals surface area contributed by atoms with Crippen LogP contribution in [0.5, 0.6) is 5.75 Å². The predicted octanol–water partition coefficient (Wildman–Crippen LogP) is 5.58. The van der Waals surface area contributed by atoms with Gasteiger partial charge in [-0.1, -0.05) is 24.3 Å². The summed E-state index contributed by atoms with van der Waals surface area (Å²) in [5.74, 6) is 0.618. The van der Waals surface area contributed by atoms with E-state index in [1.165, 1.54) is 36.4 Å². The average molecular weight is 465 g/mol. The Kier molecular flexibility index (Phi) is 6.16. The normalized spacial score (nSPS) is 11.4. The van der Waals surface area contributed by atoms with Gasteiger partial charge in [-0.15, -0.1) is 0 Å². The second kappa shape index (κ2) is 9.03. The van der Waals surface area contributed by atoms with Gasteiger partial charge in [-0.2, -0.15) is 0 Å². The molecule has 4 aromatic rings. The monoisotopic (exact) mass is 464 g/mol. The molecule has 5 nitrogen and oxygen atoms in total. The third-order valence-corrected chi connectivity index (χ3v) is 6.26. The van der Waals surface area contributed by atoms with Gasteiger partial charge in [0.25, 0.3) is 0 Å². The maximum atomic E-state index is 13.5. The van der Waals surface area contributed by atoms with Crippen LogP contribution >= 0.6 is 0 Å². The lowest BCUT2D eigenvalue weighted by Crippen LogP contribution is -2.06. The van der Waals surface area contributed by atoms with Crippen molar-refractivity contribution >= 4 is 9.84 Å². The molecule has 7 heteroatoms. The van der Waals surface area contributed by atoms with Crippen LogP contribution in [-0.4, -0.2) is 21.3 Å². The van der Waals surface area contributed by atoms with Gasteiger partial charge < -0.3 is 9.15 Å². The highest BCUT2D eigenvalue weighted by atomic mass is 32.2. The van der Waals surface area contributed by atoms with Crippen LogP contribution in [0.15, 0.2) is 93.0 Å². The molecule has 1 aromatic heterocycles. The molecule has 0 N–H and O–H groups in total. The number of halogens is 1. The summed E-state index contributed by atoms with van der Waals surface area (Å²) in [5.41, 5.74) is 2.01.